The van der Waals surface area contributed by atoms with E-state index in [-0.39, 0.29) is 0 Å². The van der Waals surface area contributed by atoms with Crippen molar-refractivity contribution in [1.29, 1.82) is 0 Å². The topological polar surface area (TPSA) is 0 Å². The van der Waals surface area contributed by atoms with Gasteiger partial charge in [0.25, 0.3) is 0 Å². The molecule has 1 aromatic carbocycles. The highest BCUT2D eigenvalue weighted by molar-refractivity contribution is 9.10. The van der Waals surface area contributed by atoms with Gasteiger partial charge in [-0.1, -0.05) is 28.1 Å². The summed E-state index contributed by atoms with van der Waals surface area (Å²) in [4.78, 5) is 0. The van der Waals surface area contributed by atoms with Crippen molar-refractivity contribution in [2.24, 2.45) is 0 Å². The normalized spacial score (nSPS) is 9.42. The van der Waals surface area contributed by atoms with Crippen LogP contribution in [0.1, 0.15) is 5.56 Å². The second-order valence-electron chi connectivity index (χ2n) is 3.13. The number of hydrogen-bond acceptors (Lipinski definition) is 0. The first-order chi connectivity index (χ1) is 5.61. The Bertz CT molecular complexity index is 299. The SMILES string of the molecule is BC(B)=C(B)c1ccc(Br)cc1. The highest BCUT2D eigenvalue weighted by atomic mass is 79.9. The van der Waals surface area contributed by atoms with Crippen molar-refractivity contribution in [3.63, 3.8) is 0 Å². The van der Waals surface area contributed by atoms with Crippen molar-refractivity contribution in [1.82, 2.24) is 0 Å². The molecule has 0 aromatic heterocycles. The quantitative estimate of drug-likeness (QED) is 0.581. The van der Waals surface area contributed by atoms with Crippen molar-refractivity contribution in [2.45, 2.75) is 0 Å². The van der Waals surface area contributed by atoms with Crippen LogP contribution in [0.15, 0.2) is 34.1 Å². The molecular formula is C8H10B3Br. The van der Waals surface area contributed by atoms with E-state index in [1.807, 2.05) is 0 Å². The van der Waals surface area contributed by atoms with Gasteiger partial charge in [-0.15, -0.1) is 5.47 Å². The smallest absolute Gasteiger partial charge is 0.137 e. The fraction of sp³-hybridized carbons (Fsp3) is 0. The summed E-state index contributed by atoms with van der Waals surface area (Å²) in [5.74, 6) is 0. The molecule has 0 heterocycles. The Balaban J connectivity index is 3.06. The van der Waals surface area contributed by atoms with Crippen LogP contribution in [0.2, 0.25) is 0 Å². The molecule has 1 aromatic rings. The molecule has 0 nitrogen and oxygen atoms in total. The molecule has 12 heavy (non-hydrogen) atoms. The highest BCUT2D eigenvalue weighted by Crippen LogP contribution is 2.16. The fourth-order valence-electron chi connectivity index (χ4n) is 0.989. The molecule has 4 heteroatoms. The van der Waals surface area contributed by atoms with Crippen LogP contribution in [0.25, 0.3) is 5.47 Å². The first-order valence-corrected chi connectivity index (χ1v) is 4.80. The van der Waals surface area contributed by atoms with E-state index in [0.717, 1.165) is 4.47 Å². The summed E-state index contributed by atoms with van der Waals surface area (Å²) in [6.45, 7) is 0. The Morgan fingerprint density at radius 2 is 1.50 bits per heavy atom. The molecule has 0 bridgehead atoms. The van der Waals surface area contributed by atoms with Crippen LogP contribution >= 0.6 is 15.9 Å². The minimum absolute atomic E-state index is 1.13. The summed E-state index contributed by atoms with van der Waals surface area (Å²) >= 11 is 3.42. The molecule has 1 rings (SSSR count). The number of halogens is 1. The van der Waals surface area contributed by atoms with Gasteiger partial charge in [0, 0.05) is 4.47 Å². The summed E-state index contributed by atoms with van der Waals surface area (Å²) in [6.07, 6.45) is 0. The molecule has 0 aliphatic rings. The molecule has 0 radical (unpaired) electrons. The molecule has 0 saturated carbocycles. The molecule has 58 valence electrons. The number of benzene rings is 1. The maximum atomic E-state index is 3.42. The molecule has 0 aliphatic heterocycles. The molecule has 0 saturated heterocycles. The average molecular weight is 219 g/mol. The molecular weight excluding hydrogens is 208 g/mol. The van der Waals surface area contributed by atoms with Crippen LogP contribution in [0, 0.1) is 0 Å². The van der Waals surface area contributed by atoms with Crippen molar-refractivity contribution < 1.29 is 0 Å². The Morgan fingerprint density at radius 3 is 1.92 bits per heavy atom. The van der Waals surface area contributed by atoms with Gasteiger partial charge in [0.05, 0.1) is 0 Å². The monoisotopic (exact) mass is 218 g/mol. The Kier molecular flexibility index (Phi) is 3.27. The summed E-state index contributed by atoms with van der Waals surface area (Å²) in [5, 5.41) is 1.37. The van der Waals surface area contributed by atoms with Crippen LogP contribution in [-0.4, -0.2) is 23.5 Å². The van der Waals surface area contributed by atoms with E-state index in [1.54, 1.807) is 0 Å². The van der Waals surface area contributed by atoms with Gasteiger partial charge in [-0.2, -0.15) is 5.37 Å². The zero-order valence-corrected chi connectivity index (χ0v) is 9.27. The predicted octanol–water partition coefficient (Wildman–Crippen LogP) is -0.0255. The zero-order valence-electron chi connectivity index (χ0n) is 7.69. The lowest BCUT2D eigenvalue weighted by atomic mass is 9.67. The van der Waals surface area contributed by atoms with Crippen LogP contribution in [0.4, 0.5) is 0 Å². The highest BCUT2D eigenvalue weighted by Gasteiger charge is 1.95. The van der Waals surface area contributed by atoms with E-state index >= 15 is 0 Å². The lowest BCUT2D eigenvalue weighted by Crippen LogP contribution is -1.90. The minimum atomic E-state index is 1.13. The largest absolute Gasteiger partial charge is 0.151 e. The molecule has 0 fully saturated rings. The average Bonchev–Trinajstić information content (AvgIpc) is 2.04. The Morgan fingerprint density at radius 1 is 1.00 bits per heavy atom. The van der Waals surface area contributed by atoms with Crippen molar-refractivity contribution >= 4 is 44.9 Å². The van der Waals surface area contributed by atoms with Crippen molar-refractivity contribution in [3.8, 4) is 0 Å². The number of rotatable bonds is 1. The van der Waals surface area contributed by atoms with E-state index < -0.39 is 0 Å². The van der Waals surface area contributed by atoms with Gasteiger partial charge in [0.1, 0.15) is 23.5 Å². The zero-order chi connectivity index (χ0) is 9.14. The first kappa shape index (κ1) is 9.72. The summed E-state index contributed by atoms with van der Waals surface area (Å²) in [7, 11) is 6.42. The van der Waals surface area contributed by atoms with Gasteiger partial charge in [-0.25, -0.2) is 0 Å². The Labute approximate surface area is 84.8 Å². The van der Waals surface area contributed by atoms with Crippen LogP contribution in [0.3, 0.4) is 0 Å². The Hall–Kier alpha value is -0.365. The molecule has 0 N–H and O–H groups in total. The van der Waals surface area contributed by atoms with Gasteiger partial charge >= 0.3 is 0 Å². The van der Waals surface area contributed by atoms with Gasteiger partial charge in [0.15, 0.2) is 0 Å². The second-order valence-corrected chi connectivity index (χ2v) is 4.05. The maximum absolute atomic E-state index is 3.42. The molecule has 0 amide bonds. The van der Waals surface area contributed by atoms with Gasteiger partial charge in [0.2, 0.25) is 0 Å². The van der Waals surface area contributed by atoms with Gasteiger partial charge in [-0.05, 0) is 17.7 Å². The standard InChI is InChI=1S/C8H10B3Br/c9-7(8(10)11)5-1-3-6(12)4-2-5/h1-4H,9-11H2. The maximum Gasteiger partial charge on any atom is 0.137 e. The molecule has 0 spiro atoms. The summed E-state index contributed by atoms with van der Waals surface area (Å²) in [5.41, 5.74) is 2.67. The minimum Gasteiger partial charge on any atom is -0.151 e. The molecule has 0 unspecified atom stereocenters. The van der Waals surface area contributed by atoms with E-state index in [2.05, 4.69) is 63.7 Å². The number of hydrogen-bond donors (Lipinski definition) is 0. The first-order valence-electron chi connectivity index (χ1n) is 4.01. The van der Waals surface area contributed by atoms with Gasteiger partial charge in [-0.3, -0.25) is 0 Å². The van der Waals surface area contributed by atoms with Gasteiger partial charge < -0.3 is 0 Å². The fourth-order valence-corrected chi connectivity index (χ4v) is 1.25. The van der Waals surface area contributed by atoms with E-state index in [1.165, 1.54) is 16.4 Å². The molecule has 0 aliphatic carbocycles. The molecule has 0 atom stereocenters. The third kappa shape index (κ3) is 2.31. The second kappa shape index (κ2) is 4.04. The van der Waals surface area contributed by atoms with E-state index in [9.17, 15) is 0 Å². The third-order valence-corrected chi connectivity index (χ3v) is 2.56. The van der Waals surface area contributed by atoms with Crippen LogP contribution < -0.4 is 0 Å². The van der Waals surface area contributed by atoms with Crippen LogP contribution in [-0.2, 0) is 0 Å². The van der Waals surface area contributed by atoms with Crippen LogP contribution in [0.5, 0.6) is 0 Å². The van der Waals surface area contributed by atoms with E-state index in [4.69, 9.17) is 0 Å². The lowest BCUT2D eigenvalue weighted by molar-refractivity contribution is 1.61. The summed E-state index contributed by atoms with van der Waals surface area (Å²) < 4.78 is 1.13. The van der Waals surface area contributed by atoms with E-state index in [0.29, 0.717) is 0 Å². The van der Waals surface area contributed by atoms with Crippen molar-refractivity contribution in [3.05, 3.63) is 39.7 Å². The lowest BCUT2D eigenvalue weighted by Gasteiger charge is -2.04. The summed E-state index contributed by atoms with van der Waals surface area (Å²) in [6, 6.07) is 8.41. The van der Waals surface area contributed by atoms with Crippen molar-refractivity contribution in [2.75, 3.05) is 0 Å². The predicted molar refractivity (Wildman–Crippen MR) is 66.7 cm³/mol. The third-order valence-electron chi connectivity index (χ3n) is 2.03.